The van der Waals surface area contributed by atoms with E-state index < -0.39 is 0 Å². The first-order valence-corrected chi connectivity index (χ1v) is 8.28. The molecule has 2 unspecified atom stereocenters. The Morgan fingerprint density at radius 3 is 2.62 bits per heavy atom. The second-order valence-corrected chi connectivity index (χ2v) is 6.86. The second-order valence-electron chi connectivity index (χ2n) is 6.86. The normalized spacial score (nSPS) is 28.1. The molecule has 21 heavy (non-hydrogen) atoms. The van der Waals surface area contributed by atoms with Gasteiger partial charge in [-0.25, -0.2) is 0 Å². The van der Waals surface area contributed by atoms with Crippen molar-refractivity contribution in [2.24, 2.45) is 0 Å². The van der Waals surface area contributed by atoms with Gasteiger partial charge in [-0.1, -0.05) is 12.1 Å². The van der Waals surface area contributed by atoms with E-state index in [9.17, 15) is 0 Å². The molecule has 1 aromatic rings. The Morgan fingerprint density at radius 1 is 1.19 bits per heavy atom. The number of benzene rings is 1. The second kappa shape index (κ2) is 6.37. The first kappa shape index (κ1) is 14.9. The number of piperidine rings is 1. The maximum atomic E-state index is 5.99. The van der Waals surface area contributed by atoms with Gasteiger partial charge in [0.25, 0.3) is 0 Å². The smallest absolute Gasteiger partial charge is 0.122 e. The summed E-state index contributed by atoms with van der Waals surface area (Å²) in [5.41, 5.74) is 2.49. The van der Waals surface area contributed by atoms with Crippen molar-refractivity contribution in [1.82, 2.24) is 10.2 Å². The summed E-state index contributed by atoms with van der Waals surface area (Å²) in [6.45, 7) is 6.02. The highest BCUT2D eigenvalue weighted by Crippen LogP contribution is 2.29. The fourth-order valence-electron chi connectivity index (χ4n) is 3.73. The van der Waals surface area contributed by atoms with Gasteiger partial charge in [-0.15, -0.1) is 0 Å². The first-order valence-electron chi connectivity index (χ1n) is 8.28. The van der Waals surface area contributed by atoms with Gasteiger partial charge in [0.2, 0.25) is 0 Å². The monoisotopic (exact) mass is 288 g/mol. The van der Waals surface area contributed by atoms with Crippen LogP contribution in [0.5, 0.6) is 5.75 Å². The molecule has 2 fully saturated rings. The lowest BCUT2D eigenvalue weighted by Crippen LogP contribution is -2.47. The topological polar surface area (TPSA) is 24.5 Å². The average Bonchev–Trinajstić information content (AvgIpc) is 2.81. The van der Waals surface area contributed by atoms with E-state index in [4.69, 9.17) is 4.74 Å². The number of likely N-dealkylation sites (N-methyl/N-ethyl adjacent to an activating group) is 1. The zero-order valence-electron chi connectivity index (χ0n) is 13.6. The Kier molecular flexibility index (Phi) is 4.51. The molecule has 1 N–H and O–H groups in total. The number of nitrogens with zero attached hydrogens (tertiary/aromatic N) is 1. The summed E-state index contributed by atoms with van der Waals surface area (Å²) in [4.78, 5) is 2.50. The summed E-state index contributed by atoms with van der Waals surface area (Å²) in [6, 6.07) is 8.66. The molecule has 0 amide bonds. The van der Waals surface area contributed by atoms with E-state index in [2.05, 4.69) is 49.3 Å². The molecule has 2 aliphatic heterocycles. The van der Waals surface area contributed by atoms with Crippen LogP contribution in [-0.2, 0) is 0 Å². The lowest BCUT2D eigenvalue weighted by molar-refractivity contribution is 0.147. The van der Waals surface area contributed by atoms with Crippen LogP contribution in [0.2, 0.25) is 0 Å². The summed E-state index contributed by atoms with van der Waals surface area (Å²) in [6.07, 6.45) is 5.34. The molecule has 1 aromatic carbocycles. The molecular formula is C18H28N2O. The fraction of sp³-hybridized carbons (Fsp3) is 0.667. The van der Waals surface area contributed by atoms with Crippen molar-refractivity contribution in [2.45, 2.75) is 57.7 Å². The zero-order chi connectivity index (χ0) is 14.8. The zero-order valence-corrected chi connectivity index (χ0v) is 13.6. The molecule has 2 heterocycles. The van der Waals surface area contributed by atoms with Crippen molar-refractivity contribution in [3.8, 4) is 5.75 Å². The summed E-state index contributed by atoms with van der Waals surface area (Å²) >= 11 is 0. The number of aryl methyl sites for hydroxylation is 2. The van der Waals surface area contributed by atoms with Crippen molar-refractivity contribution in [2.75, 3.05) is 20.2 Å². The quantitative estimate of drug-likeness (QED) is 0.901. The van der Waals surface area contributed by atoms with E-state index in [1.165, 1.54) is 36.8 Å². The maximum Gasteiger partial charge on any atom is 0.122 e. The number of fused-ring (bicyclic) bond motifs is 2. The van der Waals surface area contributed by atoms with Gasteiger partial charge in [-0.2, -0.15) is 0 Å². The molecule has 0 aromatic heterocycles. The van der Waals surface area contributed by atoms with Crippen LogP contribution in [0.15, 0.2) is 18.2 Å². The van der Waals surface area contributed by atoms with Gasteiger partial charge in [0.15, 0.2) is 0 Å². The number of nitrogens with one attached hydrogen (secondary N) is 1. The highest BCUT2D eigenvalue weighted by Gasteiger charge is 2.34. The van der Waals surface area contributed by atoms with E-state index in [0.29, 0.717) is 0 Å². The Labute approximate surface area is 128 Å². The van der Waals surface area contributed by atoms with Gasteiger partial charge in [0, 0.05) is 24.7 Å². The predicted octanol–water partition coefficient (Wildman–Crippen LogP) is 2.90. The molecule has 2 bridgehead atoms. The van der Waals surface area contributed by atoms with Gasteiger partial charge >= 0.3 is 0 Å². The van der Waals surface area contributed by atoms with E-state index in [1.54, 1.807) is 0 Å². The number of hydrogen-bond donors (Lipinski definition) is 1. The van der Waals surface area contributed by atoms with Gasteiger partial charge in [-0.05, 0) is 63.8 Å². The van der Waals surface area contributed by atoms with Crippen LogP contribution in [-0.4, -0.2) is 43.2 Å². The molecule has 2 atom stereocenters. The molecular weight excluding hydrogens is 260 g/mol. The highest BCUT2D eigenvalue weighted by atomic mass is 16.5. The van der Waals surface area contributed by atoms with E-state index in [1.807, 2.05) is 0 Å². The third-order valence-electron chi connectivity index (χ3n) is 5.12. The summed E-state index contributed by atoms with van der Waals surface area (Å²) in [5.74, 6) is 1.04. The largest absolute Gasteiger partial charge is 0.492 e. The summed E-state index contributed by atoms with van der Waals surface area (Å²) in [5, 5.41) is 3.71. The molecule has 3 heteroatoms. The van der Waals surface area contributed by atoms with Crippen molar-refractivity contribution >= 4 is 0 Å². The number of rotatable bonds is 5. The number of ether oxygens (including phenoxy) is 1. The van der Waals surface area contributed by atoms with Crippen LogP contribution in [0, 0.1) is 13.8 Å². The minimum atomic E-state index is 0.728. The van der Waals surface area contributed by atoms with E-state index in [0.717, 1.165) is 37.0 Å². The van der Waals surface area contributed by atoms with Crippen LogP contribution in [0.25, 0.3) is 0 Å². The minimum Gasteiger partial charge on any atom is -0.492 e. The molecule has 0 radical (unpaired) electrons. The average molecular weight is 288 g/mol. The lowest BCUT2D eigenvalue weighted by atomic mass is 9.99. The third-order valence-corrected chi connectivity index (χ3v) is 5.12. The van der Waals surface area contributed by atoms with Gasteiger partial charge in [0.05, 0.1) is 0 Å². The molecule has 116 valence electrons. The summed E-state index contributed by atoms with van der Waals surface area (Å²) < 4.78 is 5.99. The maximum absolute atomic E-state index is 5.99. The Balaban J connectivity index is 1.47. The van der Waals surface area contributed by atoms with Crippen LogP contribution >= 0.6 is 0 Å². The summed E-state index contributed by atoms with van der Waals surface area (Å²) in [7, 11) is 2.25. The lowest BCUT2D eigenvalue weighted by Gasteiger charge is -2.35. The molecule has 0 spiro atoms. The van der Waals surface area contributed by atoms with Crippen LogP contribution in [0.1, 0.15) is 36.8 Å². The molecule has 0 saturated carbocycles. The van der Waals surface area contributed by atoms with Gasteiger partial charge in [0.1, 0.15) is 12.4 Å². The Morgan fingerprint density at radius 2 is 1.90 bits per heavy atom. The fourth-order valence-corrected chi connectivity index (χ4v) is 3.73. The Bertz CT molecular complexity index is 476. The van der Waals surface area contributed by atoms with Gasteiger partial charge < -0.3 is 10.1 Å². The first-order chi connectivity index (χ1) is 10.1. The standard InChI is InChI=1S/C18H28N2O/c1-13-4-5-14(2)18(10-13)21-9-8-20(3)17-11-15-6-7-16(12-17)19-15/h4-5,10,15-17,19H,6-9,11-12H2,1-3H3. The van der Waals surface area contributed by atoms with Crippen molar-refractivity contribution < 1.29 is 4.74 Å². The van der Waals surface area contributed by atoms with E-state index in [-0.39, 0.29) is 0 Å². The Hall–Kier alpha value is -1.06. The third kappa shape index (κ3) is 3.58. The van der Waals surface area contributed by atoms with Crippen LogP contribution in [0.3, 0.4) is 0 Å². The van der Waals surface area contributed by atoms with Crippen molar-refractivity contribution in [3.05, 3.63) is 29.3 Å². The van der Waals surface area contributed by atoms with Crippen molar-refractivity contribution in [3.63, 3.8) is 0 Å². The number of hydrogen-bond acceptors (Lipinski definition) is 3. The van der Waals surface area contributed by atoms with Crippen LogP contribution in [0.4, 0.5) is 0 Å². The molecule has 3 nitrogen and oxygen atoms in total. The molecule has 3 rings (SSSR count). The minimum absolute atomic E-state index is 0.728. The molecule has 0 aliphatic carbocycles. The SMILES string of the molecule is Cc1ccc(C)c(OCCN(C)C2CC3CCC(C2)N3)c1. The molecule has 2 aliphatic rings. The van der Waals surface area contributed by atoms with E-state index >= 15 is 0 Å². The molecule has 2 saturated heterocycles. The van der Waals surface area contributed by atoms with Crippen LogP contribution < -0.4 is 10.1 Å². The highest BCUT2D eigenvalue weighted by molar-refractivity contribution is 5.35. The predicted molar refractivity (Wildman–Crippen MR) is 87.0 cm³/mol. The van der Waals surface area contributed by atoms with Crippen molar-refractivity contribution in [1.29, 1.82) is 0 Å². The van der Waals surface area contributed by atoms with Gasteiger partial charge in [-0.3, -0.25) is 4.90 Å².